The predicted octanol–water partition coefficient (Wildman–Crippen LogP) is 6.45. The highest BCUT2D eigenvalue weighted by atomic mass is 32.3. The van der Waals surface area contributed by atoms with Crippen molar-refractivity contribution in [1.82, 2.24) is 0 Å². The molecule has 0 aliphatic heterocycles. The Balaban J connectivity index is 2.24. The fraction of sp³-hybridized carbons (Fsp3) is 0.111. The lowest BCUT2D eigenvalue weighted by molar-refractivity contribution is 0.373. The van der Waals surface area contributed by atoms with Crippen LogP contribution in [0.3, 0.4) is 0 Å². The largest absolute Gasteiger partial charge is 0.506 e. The molecule has 0 fully saturated rings. The van der Waals surface area contributed by atoms with Gasteiger partial charge in [0.05, 0.1) is 9.79 Å². The standard InChI is InChI=1S/C18H20N2O8S2/c1-9-3-5-12-13(10(9)2)8-16(30(26,27)28)17(18(12)22)20-19-14-7-11(29(23,24)25)4-6-15(14)21/h3-8,21-28H,1-2H3. The second-order valence-corrected chi connectivity index (χ2v) is 9.55. The van der Waals surface area contributed by atoms with E-state index in [-0.39, 0.29) is 10.6 Å². The van der Waals surface area contributed by atoms with Crippen molar-refractivity contribution in [2.45, 2.75) is 23.6 Å². The first-order valence-electron chi connectivity index (χ1n) is 8.32. The van der Waals surface area contributed by atoms with E-state index in [0.717, 1.165) is 29.3 Å². The minimum atomic E-state index is -4.32. The van der Waals surface area contributed by atoms with Gasteiger partial charge in [-0.05, 0) is 54.6 Å². The van der Waals surface area contributed by atoms with Gasteiger partial charge in [0.2, 0.25) is 0 Å². The molecule has 162 valence electrons. The fourth-order valence-electron chi connectivity index (χ4n) is 2.84. The summed E-state index contributed by atoms with van der Waals surface area (Å²) < 4.78 is 57.6. The molecule has 3 rings (SSSR count). The summed E-state index contributed by atoms with van der Waals surface area (Å²) in [5, 5.41) is 28.9. The highest BCUT2D eigenvalue weighted by Gasteiger charge is 2.26. The van der Waals surface area contributed by atoms with Gasteiger partial charge in [0.1, 0.15) is 38.9 Å². The Kier molecular flexibility index (Phi) is 5.70. The zero-order chi connectivity index (χ0) is 22.4. The molecule has 0 aliphatic rings. The fourth-order valence-corrected chi connectivity index (χ4v) is 4.03. The first kappa shape index (κ1) is 22.3. The molecule has 0 amide bonds. The third-order valence-electron chi connectivity index (χ3n) is 4.59. The second kappa shape index (κ2) is 7.68. The number of hydrogen-bond acceptors (Lipinski definition) is 10. The average Bonchev–Trinajstić information content (AvgIpc) is 2.63. The quantitative estimate of drug-likeness (QED) is 0.206. The summed E-state index contributed by atoms with van der Waals surface area (Å²) in [6, 6.07) is 7.69. The second-order valence-electron chi connectivity index (χ2n) is 6.56. The van der Waals surface area contributed by atoms with Gasteiger partial charge >= 0.3 is 0 Å². The number of nitrogens with zero attached hydrogens (tertiary/aromatic N) is 2. The maximum atomic E-state index is 10.7. The summed E-state index contributed by atoms with van der Waals surface area (Å²) >= 11 is 0. The number of azo groups is 1. The average molecular weight is 456 g/mol. The Hall–Kier alpha value is -2.42. The number of benzene rings is 3. The van der Waals surface area contributed by atoms with Crippen molar-refractivity contribution < 1.29 is 37.5 Å². The molecule has 0 aromatic heterocycles. The highest BCUT2D eigenvalue weighted by molar-refractivity contribution is 8.19. The van der Waals surface area contributed by atoms with E-state index >= 15 is 0 Å². The molecule has 0 radical (unpaired) electrons. The number of phenolic OH excluding ortho intramolecular Hbond substituents is 2. The summed E-state index contributed by atoms with van der Waals surface area (Å²) in [4.78, 5) is -0.818. The molecule has 0 saturated carbocycles. The Morgan fingerprint density at radius 2 is 1.40 bits per heavy atom. The van der Waals surface area contributed by atoms with Crippen LogP contribution in [0.1, 0.15) is 11.1 Å². The summed E-state index contributed by atoms with van der Waals surface area (Å²) in [7, 11) is -8.40. The topological polar surface area (TPSA) is 187 Å². The maximum Gasteiger partial charge on any atom is 0.152 e. The van der Waals surface area contributed by atoms with Gasteiger partial charge < -0.3 is 37.5 Å². The van der Waals surface area contributed by atoms with Crippen molar-refractivity contribution in [3.05, 3.63) is 47.5 Å². The number of aromatic hydroxyl groups is 2. The lowest BCUT2D eigenvalue weighted by atomic mass is 10.00. The molecule has 3 aromatic rings. The number of hydrogen-bond donors (Lipinski definition) is 8. The molecule has 0 heterocycles. The first-order valence-corrected chi connectivity index (χ1v) is 11.3. The Morgan fingerprint density at radius 3 is 2.00 bits per heavy atom. The Labute approximate surface area is 174 Å². The lowest BCUT2D eigenvalue weighted by Gasteiger charge is -2.22. The van der Waals surface area contributed by atoms with E-state index in [2.05, 4.69) is 10.2 Å². The van der Waals surface area contributed by atoms with Crippen LogP contribution in [-0.2, 0) is 0 Å². The molecule has 3 aromatic carbocycles. The van der Waals surface area contributed by atoms with E-state index in [9.17, 15) is 37.5 Å². The minimum absolute atomic E-state index is 0.304. The van der Waals surface area contributed by atoms with Crippen LogP contribution in [0.5, 0.6) is 11.5 Å². The molecule has 12 heteroatoms. The summed E-state index contributed by atoms with van der Waals surface area (Å²) in [5.41, 5.74) is 0.867. The monoisotopic (exact) mass is 456 g/mol. The summed E-state index contributed by atoms with van der Waals surface area (Å²) in [6.45, 7) is 3.60. The van der Waals surface area contributed by atoms with E-state index in [4.69, 9.17) is 0 Å². The van der Waals surface area contributed by atoms with Crippen LogP contribution < -0.4 is 0 Å². The Morgan fingerprint density at radius 1 is 0.733 bits per heavy atom. The van der Waals surface area contributed by atoms with E-state index in [1.807, 2.05) is 6.92 Å². The van der Waals surface area contributed by atoms with Crippen molar-refractivity contribution in [3.63, 3.8) is 0 Å². The molecule has 0 aliphatic carbocycles. The molecule has 0 saturated heterocycles. The summed E-state index contributed by atoms with van der Waals surface area (Å²) in [5.74, 6) is -0.916. The minimum Gasteiger partial charge on any atom is -0.506 e. The van der Waals surface area contributed by atoms with E-state index < -0.39 is 43.8 Å². The number of phenols is 2. The zero-order valence-electron chi connectivity index (χ0n) is 15.8. The number of aryl methyl sites for hydroxylation is 2. The van der Waals surface area contributed by atoms with Crippen LogP contribution in [0.15, 0.2) is 56.4 Å². The third-order valence-corrected chi connectivity index (χ3v) is 6.38. The smallest absolute Gasteiger partial charge is 0.152 e. The first-order chi connectivity index (χ1) is 13.8. The van der Waals surface area contributed by atoms with Crippen LogP contribution in [0.2, 0.25) is 0 Å². The van der Waals surface area contributed by atoms with E-state index in [1.54, 1.807) is 19.1 Å². The normalized spacial score (nSPS) is 13.9. The van der Waals surface area contributed by atoms with E-state index in [0.29, 0.717) is 10.8 Å². The van der Waals surface area contributed by atoms with Crippen molar-refractivity contribution in [2.24, 2.45) is 10.2 Å². The van der Waals surface area contributed by atoms with Gasteiger partial charge in [-0.1, -0.05) is 12.1 Å². The SMILES string of the molecule is Cc1ccc2c(O)c(N=Nc3cc(S(O)(O)O)ccc3O)c(S(O)(O)O)cc2c1C. The summed E-state index contributed by atoms with van der Waals surface area (Å²) in [6.07, 6.45) is 0. The Bertz CT molecular complexity index is 1170. The van der Waals surface area contributed by atoms with Gasteiger partial charge in [0.25, 0.3) is 0 Å². The van der Waals surface area contributed by atoms with Crippen LogP contribution in [-0.4, -0.2) is 37.5 Å². The molecule has 10 nitrogen and oxygen atoms in total. The molecule has 0 bridgehead atoms. The van der Waals surface area contributed by atoms with Crippen LogP contribution in [0.4, 0.5) is 11.4 Å². The van der Waals surface area contributed by atoms with Gasteiger partial charge in [-0.15, -0.1) is 10.2 Å². The zero-order valence-corrected chi connectivity index (χ0v) is 17.4. The predicted molar refractivity (Wildman–Crippen MR) is 115 cm³/mol. The van der Waals surface area contributed by atoms with Gasteiger partial charge in [-0.3, -0.25) is 0 Å². The molecular formula is C18H20N2O8S2. The van der Waals surface area contributed by atoms with Crippen molar-refractivity contribution in [2.75, 3.05) is 0 Å². The van der Waals surface area contributed by atoms with Crippen LogP contribution in [0.25, 0.3) is 10.8 Å². The molecule has 0 spiro atoms. The van der Waals surface area contributed by atoms with Gasteiger partial charge in [-0.25, -0.2) is 0 Å². The molecule has 0 unspecified atom stereocenters. The molecule has 8 N–H and O–H groups in total. The number of rotatable bonds is 4. The van der Waals surface area contributed by atoms with E-state index in [1.165, 1.54) is 6.07 Å². The molecule has 0 atom stereocenters. The maximum absolute atomic E-state index is 10.7. The molecular weight excluding hydrogens is 436 g/mol. The van der Waals surface area contributed by atoms with Gasteiger partial charge in [0.15, 0.2) is 5.75 Å². The molecule has 30 heavy (non-hydrogen) atoms. The van der Waals surface area contributed by atoms with Crippen molar-refractivity contribution in [3.8, 4) is 11.5 Å². The van der Waals surface area contributed by atoms with Crippen LogP contribution in [0, 0.1) is 13.8 Å². The van der Waals surface area contributed by atoms with Gasteiger partial charge in [0, 0.05) is 5.39 Å². The van der Waals surface area contributed by atoms with Crippen LogP contribution >= 0.6 is 21.7 Å². The van der Waals surface area contributed by atoms with Crippen molar-refractivity contribution in [1.29, 1.82) is 0 Å². The number of fused-ring (bicyclic) bond motifs is 1. The lowest BCUT2D eigenvalue weighted by Crippen LogP contribution is -1.98. The van der Waals surface area contributed by atoms with Crippen molar-refractivity contribution >= 4 is 43.9 Å². The third kappa shape index (κ3) is 4.21. The highest BCUT2D eigenvalue weighted by Crippen LogP contribution is 2.55. The van der Waals surface area contributed by atoms with Gasteiger partial charge in [-0.2, -0.15) is 0 Å².